The topological polar surface area (TPSA) is 106 Å². The molecule has 3 aromatic heterocycles. The molecule has 0 radical (unpaired) electrons. The Hall–Kier alpha value is -4.09. The summed E-state index contributed by atoms with van der Waals surface area (Å²) in [7, 11) is 0. The van der Waals surface area contributed by atoms with Crippen molar-refractivity contribution in [1.29, 1.82) is 0 Å². The van der Waals surface area contributed by atoms with Gasteiger partial charge in [0.25, 0.3) is 5.88 Å². The van der Waals surface area contributed by atoms with Crippen molar-refractivity contribution in [3.63, 3.8) is 0 Å². The van der Waals surface area contributed by atoms with Crippen LogP contribution in [-0.2, 0) is 24.4 Å². The molecule has 5 heterocycles. The highest BCUT2D eigenvalue weighted by Gasteiger charge is 2.25. The van der Waals surface area contributed by atoms with E-state index in [0.29, 0.717) is 43.0 Å². The van der Waals surface area contributed by atoms with Crippen LogP contribution in [0.3, 0.4) is 0 Å². The van der Waals surface area contributed by atoms with E-state index in [0.717, 1.165) is 42.1 Å². The maximum absolute atomic E-state index is 14.4. The highest BCUT2D eigenvalue weighted by atomic mass is 19.1. The van der Waals surface area contributed by atoms with Crippen molar-refractivity contribution >= 4 is 22.7 Å². The van der Waals surface area contributed by atoms with Gasteiger partial charge in [0.1, 0.15) is 23.9 Å². The number of aromatic carboxylic acids is 1. The van der Waals surface area contributed by atoms with Crippen LogP contribution < -0.4 is 4.74 Å². The van der Waals surface area contributed by atoms with Gasteiger partial charge in [-0.2, -0.15) is 0 Å². The van der Waals surface area contributed by atoms with Crippen LogP contribution in [0.5, 0.6) is 5.88 Å². The summed E-state index contributed by atoms with van der Waals surface area (Å²) in [6.45, 7) is 4.98. The molecule has 0 spiro atoms. The number of H-pyrrole nitrogens is 1. The minimum Gasteiger partial charge on any atom is -0.477 e. The molecule has 4 aromatic rings. The molecule has 0 aliphatic carbocycles. The number of halogens is 2. The normalized spacial score (nSPS) is 17.6. The zero-order valence-electron chi connectivity index (χ0n) is 22.0. The highest BCUT2D eigenvalue weighted by Crippen LogP contribution is 2.27. The largest absolute Gasteiger partial charge is 0.477 e. The predicted octanol–water partition coefficient (Wildman–Crippen LogP) is 4.70. The van der Waals surface area contributed by atoms with Crippen LogP contribution >= 0.6 is 0 Å². The van der Waals surface area contributed by atoms with E-state index in [1.165, 1.54) is 12.1 Å². The van der Waals surface area contributed by atoms with E-state index in [2.05, 4.69) is 20.9 Å². The van der Waals surface area contributed by atoms with Gasteiger partial charge in [-0.05, 0) is 55.2 Å². The molecule has 2 aliphatic rings. The fourth-order valence-corrected chi connectivity index (χ4v) is 5.03. The van der Waals surface area contributed by atoms with E-state index in [-0.39, 0.29) is 24.3 Å². The number of carbonyl (C=O) groups is 1. The molecule has 2 N–H and O–H groups in total. The average molecular weight is 550 g/mol. The Morgan fingerprint density at radius 2 is 2.05 bits per heavy atom. The van der Waals surface area contributed by atoms with Gasteiger partial charge in [-0.1, -0.05) is 18.2 Å². The summed E-state index contributed by atoms with van der Waals surface area (Å²) < 4.78 is 41.8. The van der Waals surface area contributed by atoms with Crippen molar-refractivity contribution in [1.82, 2.24) is 24.4 Å². The molecule has 0 saturated carbocycles. The maximum atomic E-state index is 14.4. The Bertz CT molecular complexity index is 1610. The molecule has 2 aliphatic heterocycles. The van der Waals surface area contributed by atoms with Crippen LogP contribution in [0.15, 0.2) is 42.5 Å². The first kappa shape index (κ1) is 26.1. The number of aromatic amines is 1. The van der Waals surface area contributed by atoms with Gasteiger partial charge in [-0.25, -0.2) is 23.5 Å². The van der Waals surface area contributed by atoms with Gasteiger partial charge >= 0.3 is 5.97 Å². The molecule has 1 fully saturated rings. The third-order valence-corrected chi connectivity index (χ3v) is 7.40. The molecule has 9 nitrogen and oxygen atoms in total. The van der Waals surface area contributed by atoms with Crippen LogP contribution in [0.4, 0.5) is 8.78 Å². The number of hydrogen-bond donors (Lipinski definition) is 2. The number of aryl methyl sites for hydroxylation is 1. The Morgan fingerprint density at radius 3 is 2.75 bits per heavy atom. The molecular formula is C29H29F2N5O4. The summed E-state index contributed by atoms with van der Waals surface area (Å²) in [5.74, 6) is -1.34. The summed E-state index contributed by atoms with van der Waals surface area (Å²) in [5, 5.41) is 9.36. The summed E-state index contributed by atoms with van der Waals surface area (Å²) in [5.41, 5.74) is 4.15. The first-order chi connectivity index (χ1) is 19.3. The van der Waals surface area contributed by atoms with E-state index in [4.69, 9.17) is 14.5 Å². The van der Waals surface area contributed by atoms with E-state index >= 15 is 0 Å². The number of fused-ring (bicyclic) bond motifs is 1. The second-order valence-corrected chi connectivity index (χ2v) is 10.2. The fourth-order valence-electron chi connectivity index (χ4n) is 5.03. The lowest BCUT2D eigenvalue weighted by atomic mass is 10.0. The molecular weight excluding hydrogens is 520 g/mol. The van der Waals surface area contributed by atoms with E-state index in [9.17, 15) is 18.7 Å². The molecule has 0 bridgehead atoms. The van der Waals surface area contributed by atoms with Crippen molar-refractivity contribution in [2.45, 2.75) is 45.6 Å². The molecule has 11 heteroatoms. The highest BCUT2D eigenvalue weighted by molar-refractivity contribution is 5.91. The molecule has 40 heavy (non-hydrogen) atoms. The zero-order chi connectivity index (χ0) is 27.8. The van der Waals surface area contributed by atoms with Gasteiger partial charge in [0, 0.05) is 25.3 Å². The Labute approximate surface area is 229 Å². The third kappa shape index (κ3) is 5.34. The summed E-state index contributed by atoms with van der Waals surface area (Å²) in [6.07, 6.45) is 3.80. The van der Waals surface area contributed by atoms with Crippen molar-refractivity contribution in [2.75, 3.05) is 19.7 Å². The lowest BCUT2D eigenvalue weighted by molar-refractivity contribution is -0.0591. The molecule has 208 valence electrons. The minimum atomic E-state index is -1.02. The third-order valence-electron chi connectivity index (χ3n) is 7.40. The number of hydrogen-bond acceptors (Lipinski definition) is 6. The van der Waals surface area contributed by atoms with Crippen LogP contribution in [0.2, 0.25) is 0 Å². The van der Waals surface area contributed by atoms with Crippen molar-refractivity contribution in [3.8, 4) is 5.88 Å². The second-order valence-electron chi connectivity index (χ2n) is 10.2. The Kier molecular flexibility index (Phi) is 7.07. The van der Waals surface area contributed by atoms with E-state index in [1.807, 2.05) is 4.57 Å². The number of ether oxygens (including phenoxy) is 2. The van der Waals surface area contributed by atoms with Crippen LogP contribution in [0, 0.1) is 18.6 Å². The number of pyridine rings is 1. The Morgan fingerprint density at radius 1 is 1.20 bits per heavy atom. The number of aromatic nitrogens is 4. The number of carboxylic acids is 1. The van der Waals surface area contributed by atoms with Crippen LogP contribution in [-0.4, -0.2) is 61.3 Å². The number of nitrogens with one attached hydrogen (secondary N) is 1. The average Bonchev–Trinajstić information content (AvgIpc) is 3.45. The quantitative estimate of drug-likeness (QED) is 0.312. The van der Waals surface area contributed by atoms with Crippen LogP contribution in [0.1, 0.15) is 46.0 Å². The van der Waals surface area contributed by atoms with E-state index in [1.54, 1.807) is 31.2 Å². The van der Waals surface area contributed by atoms with Gasteiger partial charge in [-0.15, -0.1) is 0 Å². The van der Waals surface area contributed by atoms with Crippen molar-refractivity contribution in [2.24, 2.45) is 0 Å². The number of nitrogens with zero attached hydrogens (tertiary/aromatic N) is 4. The maximum Gasteiger partial charge on any atom is 0.352 e. The van der Waals surface area contributed by atoms with Gasteiger partial charge in [0.15, 0.2) is 11.5 Å². The Balaban J connectivity index is 1.15. The molecule has 6 rings (SSSR count). The SMILES string of the molecule is Cc1ccc(COc2nc(C3=CCN(Cc4nc5[nH]c(C(=O)O)cc5n4CC4CCO4)CC3)ccc2F)c(F)c1. The monoisotopic (exact) mass is 549 g/mol. The molecule has 1 atom stereocenters. The molecule has 1 saturated heterocycles. The van der Waals surface area contributed by atoms with Crippen molar-refractivity contribution in [3.05, 3.63) is 82.4 Å². The fraction of sp³-hybridized carbons (Fsp3) is 0.345. The first-order valence-corrected chi connectivity index (χ1v) is 13.2. The lowest BCUT2D eigenvalue weighted by Crippen LogP contribution is -2.33. The zero-order valence-corrected chi connectivity index (χ0v) is 22.0. The second kappa shape index (κ2) is 10.8. The smallest absolute Gasteiger partial charge is 0.352 e. The first-order valence-electron chi connectivity index (χ1n) is 13.2. The van der Waals surface area contributed by atoms with Gasteiger partial charge in [0.05, 0.1) is 30.4 Å². The molecule has 0 amide bonds. The standard InChI is InChI=1S/C29H29F2N5O4/c1-17-2-3-19(22(31)12-17)16-40-28-21(30)4-5-23(33-28)18-6-9-35(10-7-18)15-26-34-27-25(13-24(32-27)29(37)38)36(26)14-20-8-11-39-20/h2-6,12-13,20,32H,7-11,14-16H2,1H3,(H,37,38). The summed E-state index contributed by atoms with van der Waals surface area (Å²) >= 11 is 0. The number of rotatable bonds is 9. The van der Waals surface area contributed by atoms with Crippen LogP contribution in [0.25, 0.3) is 16.7 Å². The van der Waals surface area contributed by atoms with Gasteiger partial charge in [-0.3, -0.25) is 4.90 Å². The van der Waals surface area contributed by atoms with Gasteiger partial charge in [0.2, 0.25) is 0 Å². The minimum absolute atomic E-state index is 0.0932. The molecule has 1 unspecified atom stereocenters. The molecule has 1 aromatic carbocycles. The number of benzene rings is 1. The predicted molar refractivity (Wildman–Crippen MR) is 143 cm³/mol. The van der Waals surface area contributed by atoms with Gasteiger partial charge < -0.3 is 24.1 Å². The van der Waals surface area contributed by atoms with E-state index < -0.39 is 17.6 Å². The summed E-state index contributed by atoms with van der Waals surface area (Å²) in [6, 6.07) is 9.39. The summed E-state index contributed by atoms with van der Waals surface area (Å²) in [4.78, 5) is 25.6. The van der Waals surface area contributed by atoms with Crippen molar-refractivity contribution < 1.29 is 28.2 Å². The number of imidazole rings is 1. The lowest BCUT2D eigenvalue weighted by Gasteiger charge is -2.29. The number of carboxylic acid groups (broad SMARTS) is 1.